The number of allylic oxidation sites excluding steroid dienone is 1. The minimum atomic E-state index is 0.486. The summed E-state index contributed by atoms with van der Waals surface area (Å²) in [7, 11) is 0. The largest absolute Gasteiger partial charge is 0.457 e. The van der Waals surface area contributed by atoms with Gasteiger partial charge in [-0.05, 0) is 48.0 Å². The fourth-order valence-electron chi connectivity index (χ4n) is 2.21. The van der Waals surface area contributed by atoms with E-state index in [2.05, 4.69) is 6.07 Å². The molecule has 0 aliphatic heterocycles. The number of nitrogens with zero attached hydrogens (tertiary/aromatic N) is 1. The molecule has 4 heteroatoms. The van der Waals surface area contributed by atoms with Crippen molar-refractivity contribution in [2.75, 3.05) is 0 Å². The van der Waals surface area contributed by atoms with Gasteiger partial charge >= 0.3 is 0 Å². The van der Waals surface area contributed by atoms with Crippen LogP contribution in [0.2, 0.25) is 10.0 Å². The van der Waals surface area contributed by atoms with Gasteiger partial charge in [0.15, 0.2) is 0 Å². The van der Waals surface area contributed by atoms with Gasteiger partial charge in [-0.25, -0.2) is 0 Å². The Bertz CT molecular complexity index is 919. The van der Waals surface area contributed by atoms with Crippen molar-refractivity contribution in [3.8, 4) is 17.4 Å². The molecule has 0 N–H and O–H groups in total. The van der Waals surface area contributed by atoms with E-state index >= 15 is 0 Å². The van der Waals surface area contributed by atoms with E-state index in [1.807, 2.05) is 48.5 Å². The summed E-state index contributed by atoms with van der Waals surface area (Å²) in [4.78, 5) is 0. The second-order valence-corrected chi connectivity index (χ2v) is 5.77. The molecule has 0 bridgehead atoms. The second kappa shape index (κ2) is 6.75. The molecule has 1 aromatic heterocycles. The molecule has 3 rings (SSSR count). The van der Waals surface area contributed by atoms with E-state index in [-0.39, 0.29) is 0 Å². The molecule has 1 heterocycles. The van der Waals surface area contributed by atoms with E-state index in [1.165, 1.54) is 0 Å². The lowest BCUT2D eigenvalue weighted by molar-refractivity contribution is 0.572. The van der Waals surface area contributed by atoms with Crippen molar-refractivity contribution in [1.29, 1.82) is 5.26 Å². The molecule has 112 valence electrons. The highest BCUT2D eigenvalue weighted by molar-refractivity contribution is 6.31. The van der Waals surface area contributed by atoms with Gasteiger partial charge < -0.3 is 4.42 Å². The molecule has 3 aromatic rings. The maximum Gasteiger partial charge on any atom is 0.134 e. The Hall–Kier alpha value is -2.47. The summed E-state index contributed by atoms with van der Waals surface area (Å²) in [5.74, 6) is 1.29. The van der Waals surface area contributed by atoms with E-state index in [9.17, 15) is 5.26 Å². The molecule has 0 unspecified atom stereocenters. The lowest BCUT2D eigenvalue weighted by atomic mass is 10.1. The quantitative estimate of drug-likeness (QED) is 0.523. The Balaban J connectivity index is 1.95. The number of furan rings is 1. The second-order valence-electron chi connectivity index (χ2n) is 4.89. The molecule has 0 spiro atoms. The molecule has 23 heavy (non-hydrogen) atoms. The van der Waals surface area contributed by atoms with Gasteiger partial charge in [0.2, 0.25) is 0 Å². The number of hydrogen-bond donors (Lipinski definition) is 0. The number of benzene rings is 2. The molecule has 0 fully saturated rings. The maximum atomic E-state index is 9.37. The molecular formula is C19H11Cl2NO. The van der Waals surface area contributed by atoms with Gasteiger partial charge in [-0.15, -0.1) is 0 Å². The molecule has 0 aliphatic carbocycles. The first kappa shape index (κ1) is 15.4. The van der Waals surface area contributed by atoms with Gasteiger partial charge in [0.05, 0.1) is 11.6 Å². The van der Waals surface area contributed by atoms with Gasteiger partial charge in [-0.3, -0.25) is 0 Å². The van der Waals surface area contributed by atoms with Crippen molar-refractivity contribution >= 4 is 34.9 Å². The molecule has 0 atom stereocenters. The van der Waals surface area contributed by atoms with Crippen molar-refractivity contribution in [2.45, 2.75) is 0 Å². The van der Waals surface area contributed by atoms with Crippen LogP contribution in [-0.2, 0) is 0 Å². The standard InChI is InChI=1S/C19H11Cl2NO/c20-16-5-1-3-13(9-16)15(12-22)11-18-7-8-19(23-18)14-4-2-6-17(21)10-14/h1-11H/b15-11+. The summed E-state index contributed by atoms with van der Waals surface area (Å²) in [6, 6.07) is 20.4. The monoisotopic (exact) mass is 339 g/mol. The zero-order valence-electron chi connectivity index (χ0n) is 12.0. The highest BCUT2D eigenvalue weighted by atomic mass is 35.5. The van der Waals surface area contributed by atoms with Crippen LogP contribution >= 0.6 is 23.2 Å². The summed E-state index contributed by atoms with van der Waals surface area (Å²) in [6.45, 7) is 0. The Kier molecular flexibility index (Phi) is 4.52. The highest BCUT2D eigenvalue weighted by Crippen LogP contribution is 2.27. The maximum absolute atomic E-state index is 9.37. The zero-order valence-corrected chi connectivity index (χ0v) is 13.5. The number of halogens is 2. The van der Waals surface area contributed by atoms with Crippen LogP contribution in [0.4, 0.5) is 0 Å². The van der Waals surface area contributed by atoms with E-state index < -0.39 is 0 Å². The van der Waals surface area contributed by atoms with Crippen molar-refractivity contribution in [2.24, 2.45) is 0 Å². The van der Waals surface area contributed by atoms with Crippen molar-refractivity contribution in [1.82, 2.24) is 0 Å². The Morgan fingerprint density at radius 1 is 0.957 bits per heavy atom. The van der Waals surface area contributed by atoms with Gasteiger partial charge in [0.1, 0.15) is 11.5 Å². The average molecular weight is 340 g/mol. The minimum absolute atomic E-state index is 0.486. The van der Waals surface area contributed by atoms with Crippen LogP contribution in [0.25, 0.3) is 23.0 Å². The molecule has 0 aliphatic rings. The van der Waals surface area contributed by atoms with Gasteiger partial charge in [0.25, 0.3) is 0 Å². The summed E-state index contributed by atoms with van der Waals surface area (Å²) in [5, 5.41) is 10.6. The third kappa shape index (κ3) is 3.65. The van der Waals surface area contributed by atoms with Crippen LogP contribution in [-0.4, -0.2) is 0 Å². The van der Waals surface area contributed by atoms with E-state index in [1.54, 1.807) is 18.2 Å². The number of rotatable bonds is 3. The van der Waals surface area contributed by atoms with Crippen molar-refractivity contribution in [3.05, 3.63) is 82.0 Å². The minimum Gasteiger partial charge on any atom is -0.457 e. The predicted molar refractivity (Wildman–Crippen MR) is 94.1 cm³/mol. The summed E-state index contributed by atoms with van der Waals surface area (Å²) < 4.78 is 5.79. The Labute approximate surface area is 144 Å². The first-order chi connectivity index (χ1) is 11.2. The van der Waals surface area contributed by atoms with Crippen LogP contribution in [0.15, 0.2) is 65.1 Å². The molecule has 0 saturated heterocycles. The lowest BCUT2D eigenvalue weighted by Crippen LogP contribution is -1.81. The SMILES string of the molecule is N#C/C(=C\c1ccc(-c2cccc(Cl)c2)o1)c1cccc(Cl)c1. The molecule has 2 aromatic carbocycles. The average Bonchev–Trinajstić information content (AvgIpc) is 3.01. The van der Waals surface area contributed by atoms with E-state index in [0.29, 0.717) is 27.1 Å². The van der Waals surface area contributed by atoms with E-state index in [4.69, 9.17) is 27.6 Å². The smallest absolute Gasteiger partial charge is 0.134 e. The summed E-state index contributed by atoms with van der Waals surface area (Å²) >= 11 is 12.0. The van der Waals surface area contributed by atoms with Crippen molar-refractivity contribution in [3.63, 3.8) is 0 Å². The first-order valence-corrected chi connectivity index (χ1v) is 7.65. The van der Waals surface area contributed by atoms with Crippen LogP contribution in [0.1, 0.15) is 11.3 Å². The van der Waals surface area contributed by atoms with Gasteiger partial charge in [0, 0.05) is 15.6 Å². The molecule has 2 nitrogen and oxygen atoms in total. The summed E-state index contributed by atoms with van der Waals surface area (Å²) in [5.41, 5.74) is 2.12. The molecule has 0 saturated carbocycles. The topological polar surface area (TPSA) is 36.9 Å². The van der Waals surface area contributed by atoms with Crippen LogP contribution in [0, 0.1) is 11.3 Å². The fraction of sp³-hybridized carbons (Fsp3) is 0. The predicted octanol–water partition coefficient (Wildman–Crippen LogP) is 6.32. The van der Waals surface area contributed by atoms with Crippen molar-refractivity contribution < 1.29 is 4.42 Å². The first-order valence-electron chi connectivity index (χ1n) is 6.89. The molecule has 0 radical (unpaired) electrons. The third-order valence-electron chi connectivity index (χ3n) is 3.28. The molecule has 0 amide bonds. The van der Waals surface area contributed by atoms with Crippen LogP contribution < -0.4 is 0 Å². The zero-order chi connectivity index (χ0) is 16.2. The van der Waals surface area contributed by atoms with Gasteiger partial charge in [-0.1, -0.05) is 47.5 Å². The summed E-state index contributed by atoms with van der Waals surface area (Å²) in [6.07, 6.45) is 1.69. The number of hydrogen-bond acceptors (Lipinski definition) is 2. The van der Waals surface area contributed by atoms with Gasteiger partial charge in [-0.2, -0.15) is 5.26 Å². The fourth-order valence-corrected chi connectivity index (χ4v) is 2.59. The van der Waals surface area contributed by atoms with Crippen LogP contribution in [0.5, 0.6) is 0 Å². The third-order valence-corrected chi connectivity index (χ3v) is 3.75. The normalized spacial score (nSPS) is 11.3. The van der Waals surface area contributed by atoms with E-state index in [0.717, 1.165) is 11.1 Å². The lowest BCUT2D eigenvalue weighted by Gasteiger charge is -1.99. The Morgan fingerprint density at radius 3 is 2.39 bits per heavy atom. The number of nitriles is 1. The molecular weight excluding hydrogens is 329 g/mol. The Morgan fingerprint density at radius 2 is 1.70 bits per heavy atom. The van der Waals surface area contributed by atoms with Crippen LogP contribution in [0.3, 0.4) is 0 Å². The highest BCUT2D eigenvalue weighted by Gasteiger charge is 2.07.